The number of nitrogens with one attached hydrogen (secondary N) is 2. The maximum Gasteiger partial charge on any atom is 0.449 e. The number of carbonyl (C=O) groups is 2. The topological polar surface area (TPSA) is 76.0 Å². The molecule has 0 bridgehead atoms. The SMILES string of the molecule is CCc1ccccc1NC(=O)CNC(=O)Cn1c(C(F)(F)F)nc2ccccc21. The highest BCUT2D eigenvalue weighted by Crippen LogP contribution is 2.31. The van der Waals surface area contributed by atoms with Gasteiger partial charge in [-0.1, -0.05) is 37.3 Å². The fraction of sp³-hybridized carbons (Fsp3) is 0.250. The van der Waals surface area contributed by atoms with Crippen molar-refractivity contribution >= 4 is 28.5 Å². The Balaban J connectivity index is 1.68. The van der Waals surface area contributed by atoms with Gasteiger partial charge in [-0.15, -0.1) is 0 Å². The number of alkyl halides is 3. The molecule has 0 saturated carbocycles. The van der Waals surface area contributed by atoms with E-state index in [0.717, 1.165) is 16.6 Å². The van der Waals surface area contributed by atoms with Crippen LogP contribution in [0.5, 0.6) is 0 Å². The van der Waals surface area contributed by atoms with Gasteiger partial charge in [-0.3, -0.25) is 9.59 Å². The molecule has 0 aliphatic carbocycles. The highest BCUT2D eigenvalue weighted by molar-refractivity contribution is 5.95. The molecule has 0 unspecified atom stereocenters. The van der Waals surface area contributed by atoms with Crippen LogP contribution in [0.15, 0.2) is 48.5 Å². The molecule has 0 atom stereocenters. The van der Waals surface area contributed by atoms with Crippen molar-refractivity contribution in [3.05, 3.63) is 59.9 Å². The minimum atomic E-state index is -4.71. The standard InChI is InChI=1S/C20H19F3N4O2/c1-2-13-7-3-4-8-14(13)25-17(28)11-24-18(29)12-27-16-10-6-5-9-15(16)26-19(27)20(21,22)23/h3-10H,2,11-12H2,1H3,(H,24,29)(H,25,28). The maximum atomic E-state index is 13.3. The third-order valence-electron chi connectivity index (χ3n) is 4.33. The Morgan fingerprint density at radius 2 is 1.72 bits per heavy atom. The van der Waals surface area contributed by atoms with Gasteiger partial charge in [-0.2, -0.15) is 13.2 Å². The number of amides is 2. The number of hydrogen-bond donors (Lipinski definition) is 2. The minimum absolute atomic E-state index is 0.140. The molecule has 6 nitrogen and oxygen atoms in total. The van der Waals surface area contributed by atoms with E-state index >= 15 is 0 Å². The first-order chi connectivity index (χ1) is 13.8. The molecule has 1 aromatic heterocycles. The molecule has 0 saturated heterocycles. The van der Waals surface area contributed by atoms with Gasteiger partial charge in [0.1, 0.15) is 6.54 Å². The predicted octanol–water partition coefficient (Wildman–Crippen LogP) is 3.37. The second kappa shape index (κ2) is 8.34. The molecule has 9 heteroatoms. The van der Waals surface area contributed by atoms with Gasteiger partial charge in [0.25, 0.3) is 0 Å². The molecular formula is C20H19F3N4O2. The molecule has 152 valence electrons. The molecule has 0 spiro atoms. The van der Waals surface area contributed by atoms with Crippen LogP contribution in [0, 0.1) is 0 Å². The number of para-hydroxylation sites is 3. The highest BCUT2D eigenvalue weighted by Gasteiger charge is 2.38. The van der Waals surface area contributed by atoms with Crippen LogP contribution in [0.2, 0.25) is 0 Å². The van der Waals surface area contributed by atoms with Gasteiger partial charge in [0.2, 0.25) is 17.6 Å². The Morgan fingerprint density at radius 1 is 1.03 bits per heavy atom. The number of rotatable bonds is 6. The summed E-state index contributed by atoms with van der Waals surface area (Å²) in [5.41, 5.74) is 1.90. The van der Waals surface area contributed by atoms with Gasteiger partial charge in [0.15, 0.2) is 0 Å². The molecule has 2 aromatic carbocycles. The summed E-state index contributed by atoms with van der Waals surface area (Å²) in [6.45, 7) is 0.986. The Labute approximate surface area is 164 Å². The van der Waals surface area contributed by atoms with Gasteiger partial charge in [0, 0.05) is 5.69 Å². The third-order valence-corrected chi connectivity index (χ3v) is 4.33. The van der Waals surface area contributed by atoms with Crippen molar-refractivity contribution in [1.82, 2.24) is 14.9 Å². The number of imidazole rings is 1. The Hall–Kier alpha value is -3.36. The summed E-state index contributed by atoms with van der Waals surface area (Å²) in [4.78, 5) is 27.9. The third kappa shape index (κ3) is 4.74. The Bertz CT molecular complexity index is 1040. The van der Waals surface area contributed by atoms with E-state index in [1.165, 1.54) is 12.1 Å². The maximum absolute atomic E-state index is 13.3. The van der Waals surface area contributed by atoms with Crippen LogP contribution in [0.3, 0.4) is 0 Å². The smallest absolute Gasteiger partial charge is 0.345 e. The van der Waals surface area contributed by atoms with Crippen LogP contribution in [-0.2, 0) is 28.7 Å². The first-order valence-electron chi connectivity index (χ1n) is 8.96. The van der Waals surface area contributed by atoms with Crippen LogP contribution < -0.4 is 10.6 Å². The van der Waals surface area contributed by atoms with Crippen LogP contribution in [0.25, 0.3) is 11.0 Å². The fourth-order valence-electron chi connectivity index (χ4n) is 2.98. The van der Waals surface area contributed by atoms with Crippen LogP contribution in [-0.4, -0.2) is 27.9 Å². The van der Waals surface area contributed by atoms with E-state index in [1.54, 1.807) is 24.3 Å². The first kappa shape index (κ1) is 20.4. The average Bonchev–Trinajstić information content (AvgIpc) is 3.06. The van der Waals surface area contributed by atoms with E-state index in [2.05, 4.69) is 15.6 Å². The zero-order chi connectivity index (χ0) is 21.0. The molecule has 0 fully saturated rings. The number of carbonyl (C=O) groups excluding carboxylic acids is 2. The van der Waals surface area contributed by atoms with Crippen molar-refractivity contribution < 1.29 is 22.8 Å². The van der Waals surface area contributed by atoms with Crippen molar-refractivity contribution in [2.45, 2.75) is 26.1 Å². The number of anilines is 1. The van der Waals surface area contributed by atoms with E-state index in [4.69, 9.17) is 0 Å². The van der Waals surface area contributed by atoms with E-state index < -0.39 is 30.4 Å². The summed E-state index contributed by atoms with van der Waals surface area (Å²) >= 11 is 0. The van der Waals surface area contributed by atoms with Crippen LogP contribution in [0.1, 0.15) is 18.3 Å². The van der Waals surface area contributed by atoms with Crippen molar-refractivity contribution in [1.29, 1.82) is 0 Å². The molecule has 0 aliphatic rings. The second-order valence-corrected chi connectivity index (χ2v) is 6.34. The predicted molar refractivity (Wildman–Crippen MR) is 102 cm³/mol. The van der Waals surface area contributed by atoms with Gasteiger partial charge in [0.05, 0.1) is 17.6 Å². The van der Waals surface area contributed by atoms with E-state index in [0.29, 0.717) is 5.69 Å². The molecule has 2 N–H and O–H groups in total. The van der Waals surface area contributed by atoms with Crippen LogP contribution >= 0.6 is 0 Å². The molecular weight excluding hydrogens is 385 g/mol. The Kier molecular flexibility index (Phi) is 5.86. The highest BCUT2D eigenvalue weighted by atomic mass is 19.4. The molecule has 3 rings (SSSR count). The summed E-state index contributed by atoms with van der Waals surface area (Å²) in [5.74, 6) is -2.35. The minimum Gasteiger partial charge on any atom is -0.345 e. The zero-order valence-corrected chi connectivity index (χ0v) is 15.6. The lowest BCUT2D eigenvalue weighted by Gasteiger charge is -2.12. The molecule has 2 amide bonds. The monoisotopic (exact) mass is 404 g/mol. The summed E-state index contributed by atoms with van der Waals surface area (Å²) in [7, 11) is 0. The van der Waals surface area contributed by atoms with Gasteiger partial charge < -0.3 is 15.2 Å². The van der Waals surface area contributed by atoms with Crippen molar-refractivity contribution in [2.24, 2.45) is 0 Å². The molecule has 3 aromatic rings. The van der Waals surface area contributed by atoms with Gasteiger partial charge in [-0.25, -0.2) is 4.98 Å². The van der Waals surface area contributed by atoms with Crippen molar-refractivity contribution in [2.75, 3.05) is 11.9 Å². The lowest BCUT2D eigenvalue weighted by Crippen LogP contribution is -2.35. The van der Waals surface area contributed by atoms with Crippen molar-refractivity contribution in [3.8, 4) is 0 Å². The zero-order valence-electron chi connectivity index (χ0n) is 15.6. The second-order valence-electron chi connectivity index (χ2n) is 6.34. The van der Waals surface area contributed by atoms with E-state index in [1.807, 2.05) is 19.1 Å². The number of aryl methyl sites for hydroxylation is 1. The summed E-state index contributed by atoms with van der Waals surface area (Å²) in [6, 6.07) is 13.3. The quantitative estimate of drug-likeness (QED) is 0.662. The van der Waals surface area contributed by atoms with Gasteiger partial charge >= 0.3 is 6.18 Å². The van der Waals surface area contributed by atoms with E-state index in [9.17, 15) is 22.8 Å². The number of halogens is 3. The number of nitrogens with zero attached hydrogens (tertiary/aromatic N) is 2. The van der Waals surface area contributed by atoms with Crippen molar-refractivity contribution in [3.63, 3.8) is 0 Å². The summed E-state index contributed by atoms with van der Waals surface area (Å²) in [5, 5.41) is 5.04. The first-order valence-corrected chi connectivity index (χ1v) is 8.96. The lowest BCUT2D eigenvalue weighted by atomic mass is 10.1. The fourth-order valence-corrected chi connectivity index (χ4v) is 2.98. The van der Waals surface area contributed by atoms with Gasteiger partial charge in [-0.05, 0) is 30.2 Å². The molecule has 29 heavy (non-hydrogen) atoms. The summed E-state index contributed by atoms with van der Waals surface area (Å²) < 4.78 is 40.7. The number of benzene rings is 2. The normalized spacial score (nSPS) is 11.4. The summed E-state index contributed by atoms with van der Waals surface area (Å²) in [6.07, 6.45) is -3.99. The largest absolute Gasteiger partial charge is 0.449 e. The van der Waals surface area contributed by atoms with Crippen LogP contribution in [0.4, 0.5) is 18.9 Å². The number of fused-ring (bicyclic) bond motifs is 1. The number of aromatic nitrogens is 2. The lowest BCUT2D eigenvalue weighted by molar-refractivity contribution is -0.147. The molecule has 1 heterocycles. The van der Waals surface area contributed by atoms with E-state index in [-0.39, 0.29) is 17.6 Å². The molecule has 0 aliphatic heterocycles. The molecule has 0 radical (unpaired) electrons. The Morgan fingerprint density at radius 3 is 2.45 bits per heavy atom. The number of hydrogen-bond acceptors (Lipinski definition) is 3. The average molecular weight is 404 g/mol.